The summed E-state index contributed by atoms with van der Waals surface area (Å²) in [5.41, 5.74) is 0.647. The molecule has 2 rings (SSSR count). The zero-order valence-corrected chi connectivity index (χ0v) is 11.1. The number of rotatable bonds is 3. The van der Waals surface area contributed by atoms with Gasteiger partial charge >= 0.3 is 0 Å². The third-order valence-electron chi connectivity index (χ3n) is 2.33. The molecule has 92 valence electrons. The van der Waals surface area contributed by atoms with Gasteiger partial charge in [-0.15, -0.1) is 6.58 Å². The average Bonchev–Trinajstić information content (AvgIpc) is 2.57. The van der Waals surface area contributed by atoms with Gasteiger partial charge in [0.2, 0.25) is 0 Å². The van der Waals surface area contributed by atoms with Gasteiger partial charge in [-0.3, -0.25) is 9.69 Å². The minimum Gasteiger partial charge on any atom is -0.289 e. The predicted octanol–water partition coefficient (Wildman–Crippen LogP) is 3.21. The monoisotopic (exact) mass is 279 g/mol. The highest BCUT2D eigenvalue weighted by Gasteiger charge is 2.30. The Morgan fingerprint density at radius 1 is 1.50 bits per heavy atom. The number of thioether (sulfide) groups is 1. The van der Waals surface area contributed by atoms with Crippen LogP contribution in [0.5, 0.6) is 0 Å². The van der Waals surface area contributed by atoms with Crippen molar-refractivity contribution in [3.63, 3.8) is 0 Å². The van der Waals surface area contributed by atoms with Crippen LogP contribution in [0.1, 0.15) is 5.56 Å². The summed E-state index contributed by atoms with van der Waals surface area (Å²) in [5.74, 6) is -0.487. The summed E-state index contributed by atoms with van der Waals surface area (Å²) in [6.07, 6.45) is 3.27. The molecule has 1 heterocycles. The molecule has 0 aromatic heterocycles. The van der Waals surface area contributed by atoms with Gasteiger partial charge in [0, 0.05) is 6.54 Å². The van der Waals surface area contributed by atoms with E-state index in [-0.39, 0.29) is 11.7 Å². The first-order valence-corrected chi connectivity index (χ1v) is 6.46. The molecular formula is C13H10FNOS2. The van der Waals surface area contributed by atoms with Gasteiger partial charge in [-0.25, -0.2) is 4.39 Å². The molecule has 1 fully saturated rings. The minimum atomic E-state index is -0.328. The fraction of sp³-hybridized carbons (Fsp3) is 0.0769. The molecule has 1 saturated heterocycles. The van der Waals surface area contributed by atoms with Crippen LogP contribution in [0.4, 0.5) is 4.39 Å². The van der Waals surface area contributed by atoms with E-state index in [0.717, 1.165) is 0 Å². The van der Waals surface area contributed by atoms with E-state index in [2.05, 4.69) is 6.58 Å². The Kier molecular flexibility index (Phi) is 3.93. The number of amides is 1. The Hall–Kier alpha value is -1.46. The molecule has 1 aliphatic rings. The van der Waals surface area contributed by atoms with Gasteiger partial charge < -0.3 is 0 Å². The molecule has 2 nitrogen and oxygen atoms in total. The molecule has 1 aromatic carbocycles. The highest BCUT2D eigenvalue weighted by Crippen LogP contribution is 2.32. The molecule has 5 heteroatoms. The molecule has 1 aromatic rings. The van der Waals surface area contributed by atoms with E-state index in [1.54, 1.807) is 24.3 Å². The Balaban J connectivity index is 2.27. The Bertz CT molecular complexity index is 554. The van der Waals surface area contributed by atoms with Crippen molar-refractivity contribution in [2.24, 2.45) is 0 Å². The Morgan fingerprint density at radius 3 is 2.94 bits per heavy atom. The molecule has 0 N–H and O–H groups in total. The molecule has 1 amide bonds. The summed E-state index contributed by atoms with van der Waals surface area (Å²) < 4.78 is 13.5. The molecule has 0 saturated carbocycles. The lowest BCUT2D eigenvalue weighted by atomic mass is 10.2. The molecule has 0 atom stereocenters. The molecule has 1 aliphatic heterocycles. The smallest absolute Gasteiger partial charge is 0.266 e. The topological polar surface area (TPSA) is 20.3 Å². The van der Waals surface area contributed by atoms with Gasteiger partial charge in [-0.05, 0) is 23.8 Å². The summed E-state index contributed by atoms with van der Waals surface area (Å²) in [5, 5.41) is 0. The molecule has 0 bridgehead atoms. The van der Waals surface area contributed by atoms with Crippen molar-refractivity contribution < 1.29 is 9.18 Å². The van der Waals surface area contributed by atoms with Gasteiger partial charge in [0.25, 0.3) is 5.91 Å². The Labute approximate surface area is 114 Å². The van der Waals surface area contributed by atoms with E-state index in [4.69, 9.17) is 12.2 Å². The number of benzene rings is 1. The second-order valence-electron chi connectivity index (χ2n) is 3.64. The molecule has 0 aliphatic carbocycles. The van der Waals surface area contributed by atoms with E-state index >= 15 is 0 Å². The van der Waals surface area contributed by atoms with Crippen LogP contribution >= 0.6 is 24.0 Å². The van der Waals surface area contributed by atoms with E-state index in [1.807, 2.05) is 0 Å². The van der Waals surface area contributed by atoms with E-state index in [1.165, 1.54) is 28.8 Å². The van der Waals surface area contributed by atoms with Gasteiger partial charge in [-0.1, -0.05) is 42.2 Å². The van der Waals surface area contributed by atoms with Crippen LogP contribution in [0.3, 0.4) is 0 Å². The van der Waals surface area contributed by atoms with Gasteiger partial charge in [0.05, 0.1) is 4.91 Å². The van der Waals surface area contributed by atoms with Crippen molar-refractivity contribution in [2.45, 2.75) is 0 Å². The van der Waals surface area contributed by atoms with Gasteiger partial charge in [-0.2, -0.15) is 0 Å². The first kappa shape index (κ1) is 13.0. The predicted molar refractivity (Wildman–Crippen MR) is 76.5 cm³/mol. The minimum absolute atomic E-state index is 0.158. The Morgan fingerprint density at radius 2 is 2.28 bits per heavy atom. The third kappa shape index (κ3) is 2.68. The lowest BCUT2D eigenvalue weighted by Crippen LogP contribution is -2.27. The fourth-order valence-electron chi connectivity index (χ4n) is 1.53. The lowest BCUT2D eigenvalue weighted by Gasteiger charge is -2.10. The third-order valence-corrected chi connectivity index (χ3v) is 3.71. The number of halogens is 1. The van der Waals surface area contributed by atoms with Crippen LogP contribution in [0.2, 0.25) is 0 Å². The number of hydrogen-bond acceptors (Lipinski definition) is 3. The largest absolute Gasteiger partial charge is 0.289 e. The van der Waals surface area contributed by atoms with Crippen molar-refractivity contribution in [3.05, 3.63) is 53.2 Å². The zero-order valence-electron chi connectivity index (χ0n) is 9.43. The SMILES string of the molecule is C=CCN1C(=O)C(=Cc2cccc(F)c2)SC1=S. The molecule has 18 heavy (non-hydrogen) atoms. The van der Waals surface area contributed by atoms with Crippen molar-refractivity contribution >= 4 is 40.3 Å². The number of carbonyl (C=O) groups is 1. The zero-order chi connectivity index (χ0) is 13.1. The number of nitrogens with zero attached hydrogens (tertiary/aromatic N) is 1. The van der Waals surface area contributed by atoms with E-state index < -0.39 is 0 Å². The summed E-state index contributed by atoms with van der Waals surface area (Å²) >= 11 is 6.33. The fourth-order valence-corrected chi connectivity index (χ4v) is 2.81. The standard InChI is InChI=1S/C13H10FNOS2/c1-2-6-15-12(16)11(18-13(15)17)8-9-4-3-5-10(14)7-9/h2-5,7-8H,1,6H2. The van der Waals surface area contributed by atoms with Crippen molar-refractivity contribution in [1.82, 2.24) is 4.90 Å². The first-order chi connectivity index (χ1) is 8.61. The summed E-state index contributed by atoms with van der Waals surface area (Å²) in [6.45, 7) is 3.98. The number of hydrogen-bond donors (Lipinski definition) is 0. The lowest BCUT2D eigenvalue weighted by molar-refractivity contribution is -0.121. The quantitative estimate of drug-likeness (QED) is 0.481. The van der Waals surface area contributed by atoms with E-state index in [9.17, 15) is 9.18 Å². The van der Waals surface area contributed by atoms with Crippen molar-refractivity contribution in [2.75, 3.05) is 6.54 Å². The number of carbonyl (C=O) groups excluding carboxylic acids is 1. The van der Waals surface area contributed by atoms with Crippen LogP contribution in [0.25, 0.3) is 6.08 Å². The second-order valence-corrected chi connectivity index (χ2v) is 5.31. The molecule has 0 radical (unpaired) electrons. The van der Waals surface area contributed by atoms with Gasteiger partial charge in [0.15, 0.2) is 0 Å². The maximum Gasteiger partial charge on any atom is 0.266 e. The molecular weight excluding hydrogens is 269 g/mol. The van der Waals surface area contributed by atoms with Crippen LogP contribution in [0.15, 0.2) is 41.8 Å². The highest BCUT2D eigenvalue weighted by atomic mass is 32.2. The first-order valence-electron chi connectivity index (χ1n) is 5.23. The summed E-state index contributed by atoms with van der Waals surface area (Å²) in [6, 6.07) is 6.08. The molecule has 0 spiro atoms. The van der Waals surface area contributed by atoms with Crippen molar-refractivity contribution in [3.8, 4) is 0 Å². The van der Waals surface area contributed by atoms with Gasteiger partial charge in [0.1, 0.15) is 10.1 Å². The van der Waals surface area contributed by atoms with E-state index in [0.29, 0.717) is 21.3 Å². The normalized spacial score (nSPS) is 17.6. The van der Waals surface area contributed by atoms with Crippen LogP contribution in [-0.4, -0.2) is 21.7 Å². The maximum absolute atomic E-state index is 13.0. The highest BCUT2D eigenvalue weighted by molar-refractivity contribution is 8.26. The molecule has 0 unspecified atom stereocenters. The number of thiocarbonyl (C=S) groups is 1. The maximum atomic E-state index is 13.0. The van der Waals surface area contributed by atoms with Crippen LogP contribution in [-0.2, 0) is 4.79 Å². The summed E-state index contributed by atoms with van der Waals surface area (Å²) in [4.78, 5) is 14.0. The van der Waals surface area contributed by atoms with Crippen molar-refractivity contribution in [1.29, 1.82) is 0 Å². The second kappa shape index (κ2) is 5.46. The van der Waals surface area contributed by atoms with Crippen LogP contribution in [0, 0.1) is 5.82 Å². The summed E-state index contributed by atoms with van der Waals surface area (Å²) in [7, 11) is 0. The average molecular weight is 279 g/mol. The van der Waals surface area contributed by atoms with Crippen LogP contribution < -0.4 is 0 Å².